The summed E-state index contributed by atoms with van der Waals surface area (Å²) in [7, 11) is 0. The quantitative estimate of drug-likeness (QED) is 0.149. The molecule has 6 aromatic heterocycles. The van der Waals surface area contributed by atoms with Gasteiger partial charge in [-0.3, -0.25) is 0 Å². The maximum Gasteiger partial charge on any atom is 0.166 e. The Bertz CT molecular complexity index is 5360. The lowest BCUT2D eigenvalue weighted by atomic mass is 10.0. The second-order valence-corrected chi connectivity index (χ2v) is 21.7. The molecule has 0 N–H and O–H groups in total. The van der Waals surface area contributed by atoms with Gasteiger partial charge >= 0.3 is 0 Å². The van der Waals surface area contributed by atoms with Crippen LogP contribution < -0.4 is 0 Å². The summed E-state index contributed by atoms with van der Waals surface area (Å²) in [5, 5.41) is 9.01. The molecule has 6 heterocycles. The van der Waals surface area contributed by atoms with Crippen molar-refractivity contribution >= 4 is 97.1 Å². The van der Waals surface area contributed by atoms with Gasteiger partial charge in [-0.1, -0.05) is 170 Å². The molecule has 0 aliphatic rings. The van der Waals surface area contributed by atoms with Crippen LogP contribution in [0.25, 0.3) is 165 Å². The summed E-state index contributed by atoms with van der Waals surface area (Å²) in [4.78, 5) is 31.9. The van der Waals surface area contributed by atoms with Crippen LogP contribution in [0.2, 0.25) is 0 Å². The van der Waals surface area contributed by atoms with Crippen molar-refractivity contribution in [1.82, 2.24) is 39.0 Å². The Morgan fingerprint density at radius 3 is 1.49 bits per heavy atom. The molecule has 10 heteroatoms. The van der Waals surface area contributed by atoms with Crippen molar-refractivity contribution in [2.75, 3.05) is 0 Å². The highest BCUT2D eigenvalue weighted by atomic mass is 32.1. The van der Waals surface area contributed by atoms with Crippen LogP contribution in [0.1, 0.15) is 0 Å². The molecule has 382 valence electrons. The van der Waals surface area contributed by atoms with Gasteiger partial charge in [-0.25, -0.2) is 29.9 Å². The van der Waals surface area contributed by atoms with Crippen LogP contribution in [0.3, 0.4) is 0 Å². The van der Waals surface area contributed by atoms with Crippen molar-refractivity contribution in [2.24, 2.45) is 0 Å². The Balaban J connectivity index is 0.956. The summed E-state index contributed by atoms with van der Waals surface area (Å²) < 4.78 is 13.6. The summed E-state index contributed by atoms with van der Waals surface area (Å²) in [6.45, 7) is 0. The van der Waals surface area contributed by atoms with E-state index in [9.17, 15) is 0 Å². The lowest BCUT2D eigenvalue weighted by molar-refractivity contribution is 0.669. The van der Waals surface area contributed by atoms with E-state index in [4.69, 9.17) is 34.3 Å². The number of rotatable bonds is 8. The number of furan rings is 1. The second kappa shape index (κ2) is 18.3. The molecule has 0 atom stereocenters. The van der Waals surface area contributed by atoms with Gasteiger partial charge in [-0.2, -0.15) is 0 Å². The Morgan fingerprint density at radius 1 is 0.293 bits per heavy atom. The fraction of sp³-hybridized carbons (Fsp3) is 0. The van der Waals surface area contributed by atoms with Gasteiger partial charge in [0.25, 0.3) is 0 Å². The number of para-hydroxylation sites is 3. The number of nitrogens with zero attached hydrogens (tertiary/aromatic N) is 8. The summed E-state index contributed by atoms with van der Waals surface area (Å²) >= 11 is 1.79. The highest BCUT2D eigenvalue weighted by Crippen LogP contribution is 2.45. The predicted octanol–water partition coefficient (Wildman–Crippen LogP) is 18.5. The lowest BCUT2D eigenvalue weighted by Crippen LogP contribution is -2.05. The first-order valence-electron chi connectivity index (χ1n) is 27.3. The molecule has 0 saturated carbocycles. The van der Waals surface area contributed by atoms with Crippen LogP contribution in [-0.4, -0.2) is 39.0 Å². The molecule has 0 unspecified atom stereocenters. The van der Waals surface area contributed by atoms with Crippen molar-refractivity contribution in [1.29, 1.82) is 0 Å². The van der Waals surface area contributed by atoms with E-state index < -0.39 is 0 Å². The van der Waals surface area contributed by atoms with Crippen molar-refractivity contribution < 1.29 is 4.42 Å². The topological polar surface area (TPSA) is 100 Å². The molecule has 0 aliphatic heterocycles. The summed E-state index contributed by atoms with van der Waals surface area (Å²) in [5.41, 5.74) is 13.0. The van der Waals surface area contributed by atoms with Crippen LogP contribution in [0.4, 0.5) is 0 Å². The van der Waals surface area contributed by atoms with Crippen molar-refractivity contribution in [3.8, 4) is 79.7 Å². The van der Waals surface area contributed by atoms with E-state index in [2.05, 4.69) is 161 Å². The minimum atomic E-state index is 0.498. The first-order chi connectivity index (χ1) is 40.6. The van der Waals surface area contributed by atoms with E-state index in [1.807, 2.05) is 103 Å². The van der Waals surface area contributed by atoms with Gasteiger partial charge in [0.1, 0.15) is 11.2 Å². The van der Waals surface area contributed by atoms with Crippen LogP contribution in [0, 0.1) is 0 Å². The molecular formula is C72H42N8OS. The maximum atomic E-state index is 6.34. The predicted molar refractivity (Wildman–Crippen MR) is 335 cm³/mol. The third-order valence-corrected chi connectivity index (χ3v) is 17.0. The number of benzene rings is 11. The summed E-state index contributed by atoms with van der Waals surface area (Å²) in [6, 6.07) is 88.7. The van der Waals surface area contributed by atoms with Gasteiger partial charge in [0.2, 0.25) is 0 Å². The molecule has 0 fully saturated rings. The Hall–Kier alpha value is -10.9. The third kappa shape index (κ3) is 7.32. The smallest absolute Gasteiger partial charge is 0.166 e. The number of fused-ring (bicyclic) bond motifs is 13. The normalized spacial score (nSPS) is 11.9. The molecule has 0 aliphatic carbocycles. The van der Waals surface area contributed by atoms with Crippen molar-refractivity contribution in [2.45, 2.75) is 0 Å². The Morgan fingerprint density at radius 2 is 0.805 bits per heavy atom. The van der Waals surface area contributed by atoms with Gasteiger partial charge in [-0.05, 0) is 84.9 Å². The number of aromatic nitrogens is 8. The highest BCUT2D eigenvalue weighted by Gasteiger charge is 2.26. The zero-order chi connectivity index (χ0) is 53.8. The minimum absolute atomic E-state index is 0.498. The zero-order valence-electron chi connectivity index (χ0n) is 43.6. The van der Waals surface area contributed by atoms with E-state index >= 15 is 0 Å². The maximum absolute atomic E-state index is 6.34. The number of hydrogen-bond donors (Lipinski definition) is 0. The molecule has 0 radical (unpaired) electrons. The fourth-order valence-electron chi connectivity index (χ4n) is 12.1. The Labute approximate surface area is 472 Å². The molecule has 0 saturated heterocycles. The molecule has 17 rings (SSSR count). The molecular weight excluding hydrogens is 1020 g/mol. The van der Waals surface area contributed by atoms with E-state index in [1.165, 1.54) is 20.2 Å². The minimum Gasteiger partial charge on any atom is -0.456 e. The van der Waals surface area contributed by atoms with Gasteiger partial charge in [0.15, 0.2) is 34.9 Å². The van der Waals surface area contributed by atoms with Crippen LogP contribution >= 0.6 is 11.3 Å². The zero-order valence-corrected chi connectivity index (χ0v) is 44.5. The standard InChI is InChI=1S/C72H42N8OS/c1-4-18-43(19-5-1)67-74-70(76-71(75-67)47-33-39-64-55(40-47)51-26-13-17-31-63(51)82-64)46-32-36-59(56(41-46)72-77-68(44-20-6-2-7-21-44)73-69(78-72)45-22-8-3-9-23-45)80-57-28-14-10-24-49(57)52-35-37-60-65(66(52)80)53-27-11-15-29-58(53)79(60)48-34-38-62-54(42-48)50-25-12-16-30-61(50)81-62/h1-42H. The van der Waals surface area contributed by atoms with Gasteiger partial charge in [0, 0.05) is 91.6 Å². The highest BCUT2D eigenvalue weighted by molar-refractivity contribution is 7.25. The van der Waals surface area contributed by atoms with E-state index in [0.29, 0.717) is 34.9 Å². The largest absolute Gasteiger partial charge is 0.456 e. The monoisotopic (exact) mass is 1070 g/mol. The second-order valence-electron chi connectivity index (χ2n) is 20.6. The molecule has 0 spiro atoms. The molecule has 0 amide bonds. The van der Waals surface area contributed by atoms with Gasteiger partial charge in [-0.15, -0.1) is 11.3 Å². The fourth-order valence-corrected chi connectivity index (χ4v) is 13.2. The first-order valence-corrected chi connectivity index (χ1v) is 28.1. The van der Waals surface area contributed by atoms with Crippen LogP contribution in [0.5, 0.6) is 0 Å². The van der Waals surface area contributed by atoms with Crippen molar-refractivity contribution in [3.63, 3.8) is 0 Å². The SMILES string of the molecule is c1ccc(-c2nc(-c3ccc(-n4c5ccccc5c5ccc6c(c7ccccc7n6-c6ccc7oc8ccccc8c7c6)c54)c(-c4nc(-c5ccccc5)nc(-c5ccccc5)n4)c3)nc(-c3ccc4sc5ccccc5c4c3)n2)cc1. The number of hydrogen-bond acceptors (Lipinski definition) is 8. The molecule has 0 bridgehead atoms. The summed E-state index contributed by atoms with van der Waals surface area (Å²) in [5.74, 6) is 3.27. The molecule has 17 aromatic rings. The molecule has 11 aromatic carbocycles. The first kappa shape index (κ1) is 46.0. The Kier molecular flexibility index (Phi) is 10.3. The van der Waals surface area contributed by atoms with Crippen molar-refractivity contribution in [3.05, 3.63) is 255 Å². The lowest BCUT2D eigenvalue weighted by Gasteiger charge is -2.17. The summed E-state index contributed by atoms with van der Waals surface area (Å²) in [6.07, 6.45) is 0. The van der Waals surface area contributed by atoms with Crippen LogP contribution in [0.15, 0.2) is 259 Å². The van der Waals surface area contributed by atoms with E-state index in [1.54, 1.807) is 11.3 Å². The number of thiophene rings is 1. The van der Waals surface area contributed by atoms with Gasteiger partial charge in [0.05, 0.1) is 27.8 Å². The molecule has 9 nitrogen and oxygen atoms in total. The third-order valence-electron chi connectivity index (χ3n) is 15.8. The average Bonchev–Trinajstić information content (AvgIpc) is 2.11. The van der Waals surface area contributed by atoms with E-state index in [-0.39, 0.29) is 0 Å². The average molecular weight is 1070 g/mol. The van der Waals surface area contributed by atoms with Crippen LogP contribution in [-0.2, 0) is 0 Å². The van der Waals surface area contributed by atoms with Gasteiger partial charge < -0.3 is 13.6 Å². The molecule has 82 heavy (non-hydrogen) atoms. The van der Waals surface area contributed by atoms with E-state index in [0.717, 1.165) is 110 Å².